The van der Waals surface area contributed by atoms with Crippen molar-refractivity contribution in [3.8, 4) is 0 Å². The molecule has 0 aliphatic rings. The highest BCUT2D eigenvalue weighted by molar-refractivity contribution is 5.85. The molecule has 0 aromatic heterocycles. The Kier molecular flexibility index (Phi) is 9.04. The molecule has 0 aliphatic heterocycles. The van der Waals surface area contributed by atoms with E-state index in [9.17, 15) is 25.0 Å². The van der Waals surface area contributed by atoms with Crippen molar-refractivity contribution >= 4 is 23.2 Å². The maximum absolute atomic E-state index is 11.9. The van der Waals surface area contributed by atoms with Crippen molar-refractivity contribution in [1.82, 2.24) is 0 Å². The number of nitrogens with one attached hydrogen (secondary N) is 1. The lowest BCUT2D eigenvalue weighted by molar-refractivity contribution is -0.394. The minimum absolute atomic E-state index is 0.0531. The third-order valence-corrected chi connectivity index (χ3v) is 3.84. The van der Waals surface area contributed by atoms with E-state index in [0.717, 1.165) is 37.5 Å². The van der Waals surface area contributed by atoms with Crippen LogP contribution >= 0.6 is 0 Å². The SMILES string of the molecule is CCCCCCCCC(C)OC(=O)Nc1cc([N+](=O)[O-])cc([N+](=O)[O-])c1. The molecule has 9 heteroatoms. The van der Waals surface area contributed by atoms with Crippen LogP contribution in [0.4, 0.5) is 21.9 Å². The second kappa shape index (κ2) is 11.0. The van der Waals surface area contributed by atoms with Gasteiger partial charge in [-0.05, 0) is 19.8 Å². The second-order valence-corrected chi connectivity index (χ2v) is 6.15. The maximum atomic E-state index is 11.9. The largest absolute Gasteiger partial charge is 0.446 e. The number of ether oxygens (including phenoxy) is 1. The molecule has 144 valence electrons. The van der Waals surface area contributed by atoms with Crippen LogP contribution in [0.3, 0.4) is 0 Å². The number of amides is 1. The van der Waals surface area contributed by atoms with Gasteiger partial charge >= 0.3 is 6.09 Å². The van der Waals surface area contributed by atoms with Crippen molar-refractivity contribution in [1.29, 1.82) is 0 Å². The van der Waals surface area contributed by atoms with Crippen LogP contribution in [0, 0.1) is 20.2 Å². The third-order valence-electron chi connectivity index (χ3n) is 3.84. The van der Waals surface area contributed by atoms with Gasteiger partial charge in [-0.1, -0.05) is 39.0 Å². The van der Waals surface area contributed by atoms with E-state index in [1.54, 1.807) is 6.92 Å². The van der Waals surface area contributed by atoms with E-state index in [1.807, 2.05) is 0 Å². The van der Waals surface area contributed by atoms with E-state index >= 15 is 0 Å². The molecule has 0 fully saturated rings. The Morgan fingerprint density at radius 1 is 1.04 bits per heavy atom. The van der Waals surface area contributed by atoms with Gasteiger partial charge in [0.05, 0.1) is 21.6 Å². The molecule has 9 nitrogen and oxygen atoms in total. The zero-order valence-electron chi connectivity index (χ0n) is 15.1. The number of carbonyl (C=O) groups excluding carboxylic acids is 1. The molecule has 1 aromatic carbocycles. The van der Waals surface area contributed by atoms with Crippen molar-refractivity contribution in [2.75, 3.05) is 5.32 Å². The van der Waals surface area contributed by atoms with Gasteiger partial charge in [-0.2, -0.15) is 0 Å². The topological polar surface area (TPSA) is 125 Å². The summed E-state index contributed by atoms with van der Waals surface area (Å²) in [6.45, 7) is 3.92. The number of nitro benzene ring substituents is 2. The first-order valence-electron chi connectivity index (χ1n) is 8.75. The van der Waals surface area contributed by atoms with Crippen LogP contribution in [-0.2, 0) is 4.74 Å². The van der Waals surface area contributed by atoms with Gasteiger partial charge < -0.3 is 4.74 Å². The summed E-state index contributed by atoms with van der Waals surface area (Å²) < 4.78 is 5.19. The zero-order chi connectivity index (χ0) is 19.5. The Morgan fingerprint density at radius 2 is 1.58 bits per heavy atom. The van der Waals surface area contributed by atoms with Gasteiger partial charge in [0.2, 0.25) is 0 Å². The minimum atomic E-state index is -0.793. The van der Waals surface area contributed by atoms with Crippen molar-refractivity contribution in [3.05, 3.63) is 38.4 Å². The molecule has 1 unspecified atom stereocenters. The Hall–Kier alpha value is -2.71. The number of hydrogen-bond donors (Lipinski definition) is 1. The minimum Gasteiger partial charge on any atom is -0.446 e. The number of hydrogen-bond acceptors (Lipinski definition) is 6. The van der Waals surface area contributed by atoms with E-state index in [4.69, 9.17) is 4.74 Å². The van der Waals surface area contributed by atoms with Crippen LogP contribution < -0.4 is 5.32 Å². The summed E-state index contributed by atoms with van der Waals surface area (Å²) in [6.07, 6.45) is 6.41. The lowest BCUT2D eigenvalue weighted by atomic mass is 10.1. The Labute approximate surface area is 152 Å². The van der Waals surface area contributed by atoms with Gasteiger partial charge in [0.1, 0.15) is 6.10 Å². The highest BCUT2D eigenvalue weighted by Gasteiger charge is 2.18. The average Bonchev–Trinajstić information content (AvgIpc) is 2.57. The molecular formula is C17H25N3O6. The molecule has 0 radical (unpaired) electrons. The number of non-ortho nitro benzene ring substituents is 2. The molecule has 0 aliphatic carbocycles. The lowest BCUT2D eigenvalue weighted by Gasteiger charge is -2.13. The number of benzene rings is 1. The van der Waals surface area contributed by atoms with Gasteiger partial charge in [-0.25, -0.2) is 4.79 Å². The van der Waals surface area contributed by atoms with E-state index in [1.165, 1.54) is 19.3 Å². The standard InChI is InChI=1S/C17H25N3O6/c1-3-4-5-6-7-8-9-13(2)26-17(21)18-14-10-15(19(22)23)12-16(11-14)20(24)25/h10-13H,3-9H2,1-2H3,(H,18,21). The number of rotatable bonds is 11. The van der Waals surface area contributed by atoms with Crippen LogP contribution in [-0.4, -0.2) is 22.0 Å². The highest BCUT2D eigenvalue weighted by atomic mass is 16.6. The molecule has 0 heterocycles. The van der Waals surface area contributed by atoms with Crippen molar-refractivity contribution in [2.45, 2.75) is 64.9 Å². The molecule has 1 amide bonds. The van der Waals surface area contributed by atoms with Gasteiger partial charge in [0.25, 0.3) is 11.4 Å². The first-order valence-corrected chi connectivity index (χ1v) is 8.75. The van der Waals surface area contributed by atoms with Gasteiger partial charge in [-0.15, -0.1) is 0 Å². The van der Waals surface area contributed by atoms with Gasteiger partial charge in [0, 0.05) is 12.1 Å². The maximum Gasteiger partial charge on any atom is 0.411 e. The number of nitrogens with zero attached hydrogens (tertiary/aromatic N) is 2. The molecular weight excluding hydrogens is 342 g/mol. The number of anilines is 1. The van der Waals surface area contributed by atoms with E-state index < -0.39 is 27.3 Å². The van der Waals surface area contributed by atoms with Crippen molar-refractivity contribution < 1.29 is 19.4 Å². The normalized spacial score (nSPS) is 11.6. The molecule has 0 saturated carbocycles. The fourth-order valence-electron chi connectivity index (χ4n) is 2.48. The Bertz CT molecular complexity index is 603. The smallest absolute Gasteiger partial charge is 0.411 e. The second-order valence-electron chi connectivity index (χ2n) is 6.15. The molecule has 0 saturated heterocycles. The summed E-state index contributed by atoms with van der Waals surface area (Å²) in [4.78, 5) is 32.1. The summed E-state index contributed by atoms with van der Waals surface area (Å²) in [7, 11) is 0. The van der Waals surface area contributed by atoms with Gasteiger partial charge in [-0.3, -0.25) is 25.5 Å². The van der Waals surface area contributed by atoms with Crippen LogP contribution in [0.1, 0.15) is 58.8 Å². The molecule has 1 atom stereocenters. The summed E-state index contributed by atoms with van der Waals surface area (Å²) in [5.74, 6) is 0. The molecule has 1 aromatic rings. The molecule has 1 N–H and O–H groups in total. The van der Waals surface area contributed by atoms with E-state index in [0.29, 0.717) is 6.42 Å². The van der Waals surface area contributed by atoms with Gasteiger partial charge in [0.15, 0.2) is 0 Å². The summed E-state index contributed by atoms with van der Waals surface area (Å²) in [6, 6.07) is 2.93. The first-order chi connectivity index (χ1) is 12.3. The fraction of sp³-hybridized carbons (Fsp3) is 0.588. The predicted octanol–water partition coefficient (Wildman–Crippen LogP) is 5.19. The first kappa shape index (κ1) is 21.3. The van der Waals surface area contributed by atoms with Crippen molar-refractivity contribution in [2.24, 2.45) is 0 Å². The molecule has 1 rings (SSSR count). The van der Waals surface area contributed by atoms with Crippen LogP contribution in [0.15, 0.2) is 18.2 Å². The Balaban J connectivity index is 2.51. The zero-order valence-corrected chi connectivity index (χ0v) is 15.1. The predicted molar refractivity (Wildman–Crippen MR) is 97.3 cm³/mol. The van der Waals surface area contributed by atoms with Crippen molar-refractivity contribution in [3.63, 3.8) is 0 Å². The number of carbonyl (C=O) groups is 1. The summed E-state index contributed by atoms with van der Waals surface area (Å²) in [5, 5.41) is 24.0. The molecule has 26 heavy (non-hydrogen) atoms. The highest BCUT2D eigenvalue weighted by Crippen LogP contribution is 2.26. The lowest BCUT2D eigenvalue weighted by Crippen LogP contribution is -2.20. The molecule has 0 spiro atoms. The number of nitro groups is 2. The fourth-order valence-corrected chi connectivity index (χ4v) is 2.48. The summed E-state index contributed by atoms with van der Waals surface area (Å²) in [5.41, 5.74) is -1.01. The summed E-state index contributed by atoms with van der Waals surface area (Å²) >= 11 is 0. The average molecular weight is 367 g/mol. The quantitative estimate of drug-likeness (QED) is 0.326. The Morgan fingerprint density at radius 3 is 2.12 bits per heavy atom. The van der Waals surface area contributed by atoms with Crippen LogP contribution in [0.2, 0.25) is 0 Å². The van der Waals surface area contributed by atoms with Crippen LogP contribution in [0.25, 0.3) is 0 Å². The van der Waals surface area contributed by atoms with E-state index in [-0.39, 0.29) is 11.8 Å². The molecule has 0 bridgehead atoms. The third kappa shape index (κ3) is 7.91. The number of unbranched alkanes of at least 4 members (excludes halogenated alkanes) is 5. The van der Waals surface area contributed by atoms with E-state index in [2.05, 4.69) is 12.2 Å². The van der Waals surface area contributed by atoms with Crippen LogP contribution in [0.5, 0.6) is 0 Å². The monoisotopic (exact) mass is 367 g/mol.